The minimum Gasteiger partial charge on any atom is -0.379 e. The van der Waals surface area contributed by atoms with Gasteiger partial charge in [-0.3, -0.25) is 4.98 Å². The predicted octanol–water partition coefficient (Wildman–Crippen LogP) is 3.76. The maximum Gasteiger partial charge on any atom is 0.0595 e. The molecule has 82 valence electrons. The average molecular weight is 277 g/mol. The van der Waals surface area contributed by atoms with Crippen molar-refractivity contribution in [1.82, 2.24) is 4.98 Å². The van der Waals surface area contributed by atoms with Crippen LogP contribution in [-0.4, -0.2) is 4.98 Å². The van der Waals surface area contributed by atoms with E-state index in [0.29, 0.717) is 0 Å². The van der Waals surface area contributed by atoms with Gasteiger partial charge in [0.1, 0.15) is 0 Å². The van der Waals surface area contributed by atoms with Gasteiger partial charge in [0.15, 0.2) is 0 Å². The van der Waals surface area contributed by atoms with Gasteiger partial charge in [0.2, 0.25) is 0 Å². The van der Waals surface area contributed by atoms with E-state index in [0.717, 1.165) is 22.4 Å². The van der Waals surface area contributed by atoms with Crippen LogP contribution >= 0.6 is 15.9 Å². The van der Waals surface area contributed by atoms with Crippen molar-refractivity contribution in [1.29, 1.82) is 0 Å². The third-order valence-electron chi connectivity index (χ3n) is 2.28. The first-order chi connectivity index (χ1) is 7.74. The number of pyridine rings is 1. The van der Waals surface area contributed by atoms with Gasteiger partial charge >= 0.3 is 0 Å². The van der Waals surface area contributed by atoms with Crippen LogP contribution < -0.4 is 5.32 Å². The molecular formula is C13H13BrN2. The highest BCUT2D eigenvalue weighted by Gasteiger charge is 1.95. The van der Waals surface area contributed by atoms with Gasteiger partial charge in [0.05, 0.1) is 12.2 Å². The lowest BCUT2D eigenvalue weighted by atomic mass is 10.2. The molecule has 1 aromatic heterocycles. The largest absolute Gasteiger partial charge is 0.379 e. The van der Waals surface area contributed by atoms with E-state index in [4.69, 9.17) is 0 Å². The van der Waals surface area contributed by atoms with Crippen molar-refractivity contribution in [3.05, 3.63) is 58.3 Å². The fourth-order valence-electron chi connectivity index (χ4n) is 1.46. The molecule has 0 amide bonds. The molecule has 0 aliphatic heterocycles. The van der Waals surface area contributed by atoms with E-state index in [2.05, 4.69) is 51.4 Å². The van der Waals surface area contributed by atoms with Gasteiger partial charge in [0.25, 0.3) is 0 Å². The number of rotatable bonds is 3. The predicted molar refractivity (Wildman–Crippen MR) is 70.4 cm³/mol. The van der Waals surface area contributed by atoms with Gasteiger partial charge in [-0.1, -0.05) is 12.1 Å². The second kappa shape index (κ2) is 5.12. The van der Waals surface area contributed by atoms with Crippen LogP contribution in [0.3, 0.4) is 0 Å². The van der Waals surface area contributed by atoms with E-state index < -0.39 is 0 Å². The molecule has 0 aliphatic rings. The first kappa shape index (κ1) is 11.1. The number of halogens is 1. The van der Waals surface area contributed by atoms with Gasteiger partial charge in [-0.05, 0) is 52.7 Å². The van der Waals surface area contributed by atoms with Gasteiger partial charge in [-0.2, -0.15) is 0 Å². The maximum atomic E-state index is 4.31. The quantitative estimate of drug-likeness (QED) is 0.923. The van der Waals surface area contributed by atoms with Crippen molar-refractivity contribution < 1.29 is 0 Å². The van der Waals surface area contributed by atoms with Crippen LogP contribution in [0.2, 0.25) is 0 Å². The van der Waals surface area contributed by atoms with Crippen molar-refractivity contribution >= 4 is 21.6 Å². The van der Waals surface area contributed by atoms with E-state index in [1.165, 1.54) is 5.56 Å². The molecule has 0 atom stereocenters. The minimum atomic E-state index is 0.747. The molecule has 0 saturated heterocycles. The summed E-state index contributed by atoms with van der Waals surface area (Å²) in [5, 5.41) is 3.34. The van der Waals surface area contributed by atoms with Crippen LogP contribution in [0.1, 0.15) is 11.3 Å². The zero-order chi connectivity index (χ0) is 11.4. The summed E-state index contributed by atoms with van der Waals surface area (Å²) >= 11 is 3.37. The van der Waals surface area contributed by atoms with Crippen LogP contribution in [0, 0.1) is 6.92 Å². The standard InChI is InChI=1S/C13H13BrN2/c1-10-3-2-4-12(7-10)16-9-13-6-5-11(14)8-15-13/h2-8,16H,9H2,1H3. The Labute approximate surface area is 104 Å². The molecule has 2 nitrogen and oxygen atoms in total. The SMILES string of the molecule is Cc1cccc(NCc2ccc(Br)cn2)c1. The Morgan fingerprint density at radius 3 is 2.81 bits per heavy atom. The molecular weight excluding hydrogens is 264 g/mol. The zero-order valence-electron chi connectivity index (χ0n) is 9.07. The number of hydrogen-bond donors (Lipinski definition) is 1. The maximum absolute atomic E-state index is 4.31. The highest BCUT2D eigenvalue weighted by atomic mass is 79.9. The highest BCUT2D eigenvalue weighted by Crippen LogP contribution is 2.12. The number of anilines is 1. The zero-order valence-corrected chi connectivity index (χ0v) is 10.7. The fraction of sp³-hybridized carbons (Fsp3) is 0.154. The van der Waals surface area contributed by atoms with Gasteiger partial charge in [-0.15, -0.1) is 0 Å². The minimum absolute atomic E-state index is 0.747. The monoisotopic (exact) mass is 276 g/mol. The summed E-state index contributed by atoms with van der Waals surface area (Å²) in [5.41, 5.74) is 3.42. The van der Waals surface area contributed by atoms with Gasteiger partial charge in [0, 0.05) is 16.4 Å². The molecule has 0 bridgehead atoms. The third kappa shape index (κ3) is 3.07. The molecule has 3 heteroatoms. The van der Waals surface area contributed by atoms with Crippen molar-refractivity contribution in [3.8, 4) is 0 Å². The second-order valence-electron chi connectivity index (χ2n) is 3.69. The van der Waals surface area contributed by atoms with Crippen LogP contribution in [-0.2, 0) is 6.54 Å². The Hall–Kier alpha value is -1.35. The molecule has 1 heterocycles. The molecule has 1 aromatic carbocycles. The van der Waals surface area contributed by atoms with Crippen LogP contribution in [0.5, 0.6) is 0 Å². The molecule has 0 unspecified atom stereocenters. The summed E-state index contributed by atoms with van der Waals surface area (Å²) in [6.07, 6.45) is 1.81. The summed E-state index contributed by atoms with van der Waals surface area (Å²) < 4.78 is 1.01. The molecule has 2 rings (SSSR count). The summed E-state index contributed by atoms with van der Waals surface area (Å²) in [4.78, 5) is 4.31. The van der Waals surface area contributed by atoms with Crippen molar-refractivity contribution in [3.63, 3.8) is 0 Å². The van der Waals surface area contributed by atoms with Crippen molar-refractivity contribution in [2.45, 2.75) is 13.5 Å². The summed E-state index contributed by atoms with van der Waals surface area (Å²) in [5.74, 6) is 0. The van der Waals surface area contributed by atoms with Crippen molar-refractivity contribution in [2.24, 2.45) is 0 Å². The number of aryl methyl sites for hydroxylation is 1. The van der Waals surface area contributed by atoms with Crippen LogP contribution in [0.4, 0.5) is 5.69 Å². The number of hydrogen-bond acceptors (Lipinski definition) is 2. The Balaban J connectivity index is 1.99. The Morgan fingerprint density at radius 1 is 1.25 bits per heavy atom. The Bertz CT molecular complexity index is 466. The molecule has 0 fully saturated rings. The van der Waals surface area contributed by atoms with Crippen molar-refractivity contribution in [2.75, 3.05) is 5.32 Å². The molecule has 2 aromatic rings. The Morgan fingerprint density at radius 2 is 2.12 bits per heavy atom. The molecule has 16 heavy (non-hydrogen) atoms. The summed E-state index contributed by atoms with van der Waals surface area (Å²) in [7, 11) is 0. The average Bonchev–Trinajstić information content (AvgIpc) is 2.28. The Kier molecular flexibility index (Phi) is 3.57. The van der Waals surface area contributed by atoms with E-state index >= 15 is 0 Å². The number of benzene rings is 1. The van der Waals surface area contributed by atoms with E-state index in [1.54, 1.807) is 0 Å². The molecule has 1 N–H and O–H groups in total. The van der Waals surface area contributed by atoms with Gasteiger partial charge in [-0.25, -0.2) is 0 Å². The summed E-state index contributed by atoms with van der Waals surface area (Å²) in [6, 6.07) is 12.3. The molecule has 0 spiro atoms. The van der Waals surface area contributed by atoms with E-state index in [1.807, 2.05) is 24.4 Å². The number of nitrogens with zero attached hydrogens (tertiary/aromatic N) is 1. The lowest BCUT2D eigenvalue weighted by molar-refractivity contribution is 1.04. The number of nitrogens with one attached hydrogen (secondary N) is 1. The molecule has 0 saturated carbocycles. The second-order valence-corrected chi connectivity index (χ2v) is 4.61. The lowest BCUT2D eigenvalue weighted by Crippen LogP contribution is -2.01. The third-order valence-corrected chi connectivity index (χ3v) is 2.75. The molecule has 0 radical (unpaired) electrons. The van der Waals surface area contributed by atoms with Gasteiger partial charge < -0.3 is 5.32 Å². The van der Waals surface area contributed by atoms with Crippen LogP contribution in [0.25, 0.3) is 0 Å². The number of aromatic nitrogens is 1. The molecule has 0 aliphatic carbocycles. The normalized spacial score (nSPS) is 10.1. The summed E-state index contributed by atoms with van der Waals surface area (Å²) in [6.45, 7) is 2.83. The topological polar surface area (TPSA) is 24.9 Å². The lowest BCUT2D eigenvalue weighted by Gasteiger charge is -2.06. The first-order valence-electron chi connectivity index (χ1n) is 5.15. The first-order valence-corrected chi connectivity index (χ1v) is 5.94. The van der Waals surface area contributed by atoms with E-state index in [-0.39, 0.29) is 0 Å². The fourth-order valence-corrected chi connectivity index (χ4v) is 1.69. The van der Waals surface area contributed by atoms with Crippen LogP contribution in [0.15, 0.2) is 47.1 Å². The smallest absolute Gasteiger partial charge is 0.0595 e. The van der Waals surface area contributed by atoms with E-state index in [9.17, 15) is 0 Å². The highest BCUT2D eigenvalue weighted by molar-refractivity contribution is 9.10.